The number of aromatic nitrogens is 4. The van der Waals surface area contributed by atoms with Crippen molar-refractivity contribution in [2.24, 2.45) is 0 Å². The van der Waals surface area contributed by atoms with Crippen LogP contribution in [0.25, 0.3) is 0 Å². The Kier molecular flexibility index (Phi) is 2.92. The Balaban J connectivity index is 2.02. The third-order valence-electron chi connectivity index (χ3n) is 1.68. The van der Waals surface area contributed by atoms with Gasteiger partial charge in [0, 0.05) is 24.5 Å². The molecule has 2 aromatic heterocycles. The molecule has 0 bridgehead atoms. The van der Waals surface area contributed by atoms with Crippen molar-refractivity contribution >= 4 is 28.4 Å². The molecule has 2 aromatic rings. The molecule has 0 spiro atoms. The molecule has 2 rings (SSSR count). The summed E-state index contributed by atoms with van der Waals surface area (Å²) in [6.07, 6.45) is 6.92. The summed E-state index contributed by atoms with van der Waals surface area (Å²) in [5.74, 6) is 0.849. The topological polar surface area (TPSA) is 66.5 Å². The first-order valence-corrected chi connectivity index (χ1v) is 5.11. The van der Waals surface area contributed by atoms with Crippen LogP contribution in [0.3, 0.4) is 0 Å². The van der Waals surface area contributed by atoms with Crippen molar-refractivity contribution in [1.29, 1.82) is 0 Å². The highest BCUT2D eigenvalue weighted by Gasteiger charge is 2.00. The van der Waals surface area contributed by atoms with Crippen molar-refractivity contribution in [3.63, 3.8) is 0 Å². The van der Waals surface area contributed by atoms with Gasteiger partial charge >= 0.3 is 0 Å². The van der Waals surface area contributed by atoms with Crippen LogP contribution in [0.4, 0.5) is 5.82 Å². The predicted octanol–water partition coefficient (Wildman–Crippen LogP) is 1.42. The number of H-pyrrole nitrogens is 1. The molecule has 72 valence electrons. The maximum Gasteiger partial charge on any atom is 0.143 e. The zero-order valence-electron chi connectivity index (χ0n) is 7.24. The maximum atomic E-state index is 4.12. The maximum absolute atomic E-state index is 4.12. The average Bonchev–Trinajstić information content (AvgIpc) is 2.69. The van der Waals surface area contributed by atoms with Crippen LogP contribution in [0, 0.1) is 3.57 Å². The summed E-state index contributed by atoms with van der Waals surface area (Å²) in [5.41, 5.74) is 1.10. The second-order valence-electron chi connectivity index (χ2n) is 2.68. The molecule has 6 heteroatoms. The van der Waals surface area contributed by atoms with Gasteiger partial charge in [0.15, 0.2) is 0 Å². The summed E-state index contributed by atoms with van der Waals surface area (Å²) < 4.78 is 1.01. The van der Waals surface area contributed by atoms with Gasteiger partial charge in [0.25, 0.3) is 0 Å². The monoisotopic (exact) mass is 301 g/mol. The highest BCUT2D eigenvalue weighted by atomic mass is 127. The molecule has 0 saturated carbocycles. The molecule has 0 atom stereocenters. The van der Waals surface area contributed by atoms with Gasteiger partial charge in [0.05, 0.1) is 9.77 Å². The van der Waals surface area contributed by atoms with Crippen molar-refractivity contribution < 1.29 is 0 Å². The fourth-order valence-electron chi connectivity index (χ4n) is 1.00. The Morgan fingerprint density at radius 2 is 2.36 bits per heavy atom. The molecule has 0 fully saturated rings. The van der Waals surface area contributed by atoms with E-state index in [1.807, 2.05) is 6.20 Å². The van der Waals surface area contributed by atoms with Crippen LogP contribution in [-0.2, 0) is 6.54 Å². The lowest BCUT2D eigenvalue weighted by Gasteiger charge is -2.04. The van der Waals surface area contributed by atoms with Crippen molar-refractivity contribution in [3.8, 4) is 0 Å². The van der Waals surface area contributed by atoms with Gasteiger partial charge in [-0.25, -0.2) is 9.97 Å². The lowest BCUT2D eigenvalue weighted by molar-refractivity contribution is 1.07. The minimum absolute atomic E-state index is 0.712. The first-order valence-electron chi connectivity index (χ1n) is 4.03. The third-order valence-corrected chi connectivity index (χ3v) is 2.47. The Bertz CT molecular complexity index is 400. The van der Waals surface area contributed by atoms with E-state index in [1.54, 1.807) is 12.4 Å². The summed E-state index contributed by atoms with van der Waals surface area (Å²) in [4.78, 5) is 8.03. The highest BCUT2D eigenvalue weighted by molar-refractivity contribution is 14.1. The number of halogens is 1. The minimum atomic E-state index is 0.712. The number of hydrogen-bond donors (Lipinski definition) is 2. The van der Waals surface area contributed by atoms with Gasteiger partial charge in [-0.05, 0) is 22.6 Å². The van der Waals surface area contributed by atoms with E-state index in [9.17, 15) is 0 Å². The molecule has 0 aliphatic rings. The van der Waals surface area contributed by atoms with E-state index in [0.717, 1.165) is 15.0 Å². The summed E-state index contributed by atoms with van der Waals surface area (Å²) in [5, 5.41) is 9.81. The first kappa shape index (κ1) is 9.38. The highest BCUT2D eigenvalue weighted by Crippen LogP contribution is 2.13. The van der Waals surface area contributed by atoms with Gasteiger partial charge < -0.3 is 5.32 Å². The SMILES string of the molecule is Ic1cncnc1NCc1cn[nH]c1. The Hall–Kier alpha value is -1.18. The first-order chi connectivity index (χ1) is 6.86. The second-order valence-corrected chi connectivity index (χ2v) is 3.84. The molecule has 2 heterocycles. The van der Waals surface area contributed by atoms with Gasteiger partial charge in [-0.2, -0.15) is 5.10 Å². The fourth-order valence-corrected chi connectivity index (χ4v) is 1.49. The summed E-state index contributed by atoms with van der Waals surface area (Å²) in [7, 11) is 0. The van der Waals surface area contributed by atoms with E-state index >= 15 is 0 Å². The number of anilines is 1. The minimum Gasteiger partial charge on any atom is -0.365 e. The van der Waals surface area contributed by atoms with E-state index in [4.69, 9.17) is 0 Å². The molecule has 0 aliphatic carbocycles. The van der Waals surface area contributed by atoms with Crippen molar-refractivity contribution in [1.82, 2.24) is 20.2 Å². The van der Waals surface area contributed by atoms with Crippen LogP contribution in [0.2, 0.25) is 0 Å². The fraction of sp³-hybridized carbons (Fsp3) is 0.125. The van der Waals surface area contributed by atoms with Gasteiger partial charge in [-0.3, -0.25) is 5.10 Å². The lowest BCUT2D eigenvalue weighted by Crippen LogP contribution is -2.02. The average molecular weight is 301 g/mol. The second kappa shape index (κ2) is 4.36. The molecule has 0 aromatic carbocycles. The van der Waals surface area contributed by atoms with Crippen LogP contribution in [0.1, 0.15) is 5.56 Å². The third kappa shape index (κ3) is 2.19. The van der Waals surface area contributed by atoms with Crippen LogP contribution < -0.4 is 5.32 Å². The smallest absolute Gasteiger partial charge is 0.143 e. The van der Waals surface area contributed by atoms with E-state index in [1.165, 1.54) is 6.33 Å². The molecular weight excluding hydrogens is 293 g/mol. The van der Waals surface area contributed by atoms with Gasteiger partial charge in [0.2, 0.25) is 0 Å². The Labute approximate surface area is 94.5 Å². The Morgan fingerprint density at radius 1 is 1.43 bits per heavy atom. The molecule has 0 unspecified atom stereocenters. The number of hydrogen-bond acceptors (Lipinski definition) is 4. The molecule has 14 heavy (non-hydrogen) atoms. The van der Waals surface area contributed by atoms with Crippen molar-refractivity contribution in [2.75, 3.05) is 5.32 Å². The van der Waals surface area contributed by atoms with Crippen molar-refractivity contribution in [3.05, 3.63) is 34.1 Å². The molecule has 2 N–H and O–H groups in total. The van der Waals surface area contributed by atoms with Crippen molar-refractivity contribution in [2.45, 2.75) is 6.54 Å². The molecule has 0 saturated heterocycles. The summed E-state index contributed by atoms with van der Waals surface area (Å²) in [6.45, 7) is 0.712. The van der Waals surface area contributed by atoms with Gasteiger partial charge in [-0.15, -0.1) is 0 Å². The number of rotatable bonds is 3. The van der Waals surface area contributed by atoms with E-state index in [2.05, 4.69) is 48.1 Å². The molecular formula is C8H8IN5. The van der Waals surface area contributed by atoms with Crippen LogP contribution in [0.15, 0.2) is 24.9 Å². The zero-order valence-corrected chi connectivity index (χ0v) is 9.39. The van der Waals surface area contributed by atoms with Crippen LogP contribution >= 0.6 is 22.6 Å². The van der Waals surface area contributed by atoms with E-state index in [-0.39, 0.29) is 0 Å². The number of nitrogens with zero attached hydrogens (tertiary/aromatic N) is 3. The largest absolute Gasteiger partial charge is 0.365 e. The summed E-state index contributed by atoms with van der Waals surface area (Å²) >= 11 is 2.19. The van der Waals surface area contributed by atoms with Gasteiger partial charge in [0.1, 0.15) is 12.1 Å². The molecule has 0 aliphatic heterocycles. The van der Waals surface area contributed by atoms with Gasteiger partial charge in [-0.1, -0.05) is 0 Å². The van der Waals surface area contributed by atoms with Crippen LogP contribution in [0.5, 0.6) is 0 Å². The number of nitrogens with one attached hydrogen (secondary N) is 2. The van der Waals surface area contributed by atoms with Crippen LogP contribution in [-0.4, -0.2) is 20.2 Å². The normalized spacial score (nSPS) is 10.1. The molecule has 0 radical (unpaired) electrons. The Morgan fingerprint density at radius 3 is 3.07 bits per heavy atom. The quantitative estimate of drug-likeness (QED) is 0.841. The van der Waals surface area contributed by atoms with E-state index in [0.29, 0.717) is 6.54 Å². The predicted molar refractivity (Wildman–Crippen MR) is 60.7 cm³/mol. The standard InChI is InChI=1S/C8H8IN5/c9-7-4-10-5-12-8(7)11-1-6-2-13-14-3-6/h2-5H,1H2,(H,13,14)(H,10,11,12). The lowest BCUT2D eigenvalue weighted by atomic mass is 10.3. The van der Waals surface area contributed by atoms with E-state index < -0.39 is 0 Å². The zero-order chi connectivity index (χ0) is 9.80. The molecule has 0 amide bonds. The summed E-state index contributed by atoms with van der Waals surface area (Å²) in [6, 6.07) is 0. The number of aromatic amines is 1. The molecule has 5 nitrogen and oxygen atoms in total.